The number of aromatic nitrogens is 1. The SMILES string of the molecule is Cc1ncsc1NC(=O)[C@H](C)O. The summed E-state index contributed by atoms with van der Waals surface area (Å²) in [6.45, 7) is 3.22. The predicted octanol–water partition coefficient (Wildman–Crippen LogP) is 0.771. The maximum atomic E-state index is 11.0. The summed E-state index contributed by atoms with van der Waals surface area (Å²) in [4.78, 5) is 14.9. The van der Waals surface area contributed by atoms with Crippen molar-refractivity contribution < 1.29 is 9.90 Å². The third kappa shape index (κ3) is 2.02. The van der Waals surface area contributed by atoms with E-state index < -0.39 is 12.0 Å². The van der Waals surface area contributed by atoms with Crippen molar-refractivity contribution in [2.75, 3.05) is 5.32 Å². The minimum Gasteiger partial charge on any atom is -0.384 e. The largest absolute Gasteiger partial charge is 0.384 e. The van der Waals surface area contributed by atoms with Gasteiger partial charge >= 0.3 is 0 Å². The van der Waals surface area contributed by atoms with Gasteiger partial charge in [-0.05, 0) is 13.8 Å². The van der Waals surface area contributed by atoms with Gasteiger partial charge < -0.3 is 10.4 Å². The molecule has 5 heteroatoms. The van der Waals surface area contributed by atoms with E-state index >= 15 is 0 Å². The van der Waals surface area contributed by atoms with Crippen LogP contribution in [0.4, 0.5) is 5.00 Å². The number of rotatable bonds is 2. The van der Waals surface area contributed by atoms with E-state index in [9.17, 15) is 4.79 Å². The number of thiazole rings is 1. The number of hydrogen-bond acceptors (Lipinski definition) is 4. The fourth-order valence-corrected chi connectivity index (χ4v) is 1.34. The molecule has 1 aromatic heterocycles. The molecular formula is C7H10N2O2S. The summed E-state index contributed by atoms with van der Waals surface area (Å²) in [6.07, 6.45) is -0.980. The third-order valence-electron chi connectivity index (χ3n) is 1.36. The molecule has 1 rings (SSSR count). The molecule has 1 heterocycles. The lowest BCUT2D eigenvalue weighted by atomic mass is 10.4. The van der Waals surface area contributed by atoms with Gasteiger partial charge in [-0.15, -0.1) is 11.3 Å². The first kappa shape index (κ1) is 9.15. The van der Waals surface area contributed by atoms with Crippen LogP contribution in [0.1, 0.15) is 12.6 Å². The number of carbonyl (C=O) groups is 1. The van der Waals surface area contributed by atoms with Gasteiger partial charge in [0.15, 0.2) is 0 Å². The van der Waals surface area contributed by atoms with E-state index in [-0.39, 0.29) is 0 Å². The van der Waals surface area contributed by atoms with Gasteiger partial charge in [0.25, 0.3) is 5.91 Å². The van der Waals surface area contributed by atoms with Crippen molar-refractivity contribution in [3.05, 3.63) is 11.2 Å². The van der Waals surface area contributed by atoms with Gasteiger partial charge in [-0.2, -0.15) is 0 Å². The number of aliphatic hydroxyl groups excluding tert-OH is 1. The van der Waals surface area contributed by atoms with E-state index in [0.717, 1.165) is 5.69 Å². The van der Waals surface area contributed by atoms with Crippen molar-refractivity contribution in [2.24, 2.45) is 0 Å². The molecule has 0 radical (unpaired) electrons. The van der Waals surface area contributed by atoms with Crippen LogP contribution in [0.3, 0.4) is 0 Å². The summed E-state index contributed by atoms with van der Waals surface area (Å²) >= 11 is 1.34. The summed E-state index contributed by atoms with van der Waals surface area (Å²) in [7, 11) is 0. The van der Waals surface area contributed by atoms with Crippen LogP contribution in [0.25, 0.3) is 0 Å². The number of anilines is 1. The number of aryl methyl sites for hydroxylation is 1. The first-order chi connectivity index (χ1) is 5.61. The molecule has 0 aromatic carbocycles. The molecule has 66 valence electrons. The van der Waals surface area contributed by atoms with Gasteiger partial charge in [-0.3, -0.25) is 4.79 Å². The van der Waals surface area contributed by atoms with E-state index in [2.05, 4.69) is 10.3 Å². The maximum absolute atomic E-state index is 11.0. The normalized spacial score (nSPS) is 12.6. The number of aliphatic hydroxyl groups is 1. The lowest BCUT2D eigenvalue weighted by Gasteiger charge is -2.04. The van der Waals surface area contributed by atoms with E-state index in [1.165, 1.54) is 18.3 Å². The molecule has 4 nitrogen and oxygen atoms in total. The maximum Gasteiger partial charge on any atom is 0.253 e. The lowest BCUT2D eigenvalue weighted by molar-refractivity contribution is -0.123. The number of nitrogens with zero attached hydrogens (tertiary/aromatic N) is 1. The standard InChI is InChI=1S/C7H10N2O2S/c1-4-7(12-3-8-4)9-6(11)5(2)10/h3,5,10H,1-2H3,(H,9,11)/t5-/m0/s1. The summed E-state index contributed by atoms with van der Waals surface area (Å²) in [5.74, 6) is -0.401. The molecule has 0 aliphatic carbocycles. The van der Waals surface area contributed by atoms with Gasteiger partial charge in [-0.25, -0.2) is 4.98 Å². The second-order valence-corrected chi connectivity index (χ2v) is 3.29. The van der Waals surface area contributed by atoms with E-state index in [1.54, 1.807) is 12.4 Å². The monoisotopic (exact) mass is 186 g/mol. The van der Waals surface area contributed by atoms with E-state index in [4.69, 9.17) is 5.11 Å². The highest BCUT2D eigenvalue weighted by Crippen LogP contribution is 2.18. The van der Waals surface area contributed by atoms with Gasteiger partial charge in [0.05, 0.1) is 11.2 Å². The zero-order valence-electron chi connectivity index (χ0n) is 6.87. The molecule has 12 heavy (non-hydrogen) atoms. The molecule has 0 aliphatic heterocycles. The van der Waals surface area contributed by atoms with Crippen molar-refractivity contribution in [1.29, 1.82) is 0 Å². The van der Waals surface area contributed by atoms with E-state index in [0.29, 0.717) is 5.00 Å². The van der Waals surface area contributed by atoms with Crippen LogP contribution < -0.4 is 5.32 Å². The van der Waals surface area contributed by atoms with Crippen LogP contribution in [0.15, 0.2) is 5.51 Å². The second kappa shape index (κ2) is 3.64. The molecule has 0 aliphatic rings. The Morgan fingerprint density at radius 2 is 2.50 bits per heavy atom. The fraction of sp³-hybridized carbons (Fsp3) is 0.429. The highest BCUT2D eigenvalue weighted by atomic mass is 32.1. The quantitative estimate of drug-likeness (QED) is 0.717. The Hall–Kier alpha value is -0.940. The van der Waals surface area contributed by atoms with E-state index in [1.807, 2.05) is 0 Å². The average Bonchev–Trinajstić information content (AvgIpc) is 2.36. The highest BCUT2D eigenvalue weighted by Gasteiger charge is 2.10. The van der Waals surface area contributed by atoms with Gasteiger partial charge in [-0.1, -0.05) is 0 Å². The van der Waals surface area contributed by atoms with Crippen LogP contribution in [-0.4, -0.2) is 22.1 Å². The Bertz CT molecular complexity index is 283. The zero-order chi connectivity index (χ0) is 9.14. The highest BCUT2D eigenvalue weighted by molar-refractivity contribution is 7.14. The number of amides is 1. The van der Waals surface area contributed by atoms with Gasteiger partial charge in [0, 0.05) is 0 Å². The van der Waals surface area contributed by atoms with Gasteiger partial charge in [0.1, 0.15) is 11.1 Å². The Kier molecular flexibility index (Phi) is 2.78. The summed E-state index contributed by atoms with van der Waals surface area (Å²) in [6, 6.07) is 0. The molecule has 2 N–H and O–H groups in total. The first-order valence-corrected chi connectivity index (χ1v) is 4.38. The third-order valence-corrected chi connectivity index (χ3v) is 2.21. The lowest BCUT2D eigenvalue weighted by Crippen LogP contribution is -2.24. The molecule has 0 unspecified atom stereocenters. The smallest absolute Gasteiger partial charge is 0.253 e. The van der Waals surface area contributed by atoms with Crippen molar-refractivity contribution in [3.63, 3.8) is 0 Å². The molecule has 0 spiro atoms. The van der Waals surface area contributed by atoms with Crippen molar-refractivity contribution in [3.8, 4) is 0 Å². The molecule has 1 aromatic rings. The fourth-order valence-electron chi connectivity index (χ4n) is 0.638. The number of nitrogens with one attached hydrogen (secondary N) is 1. The average molecular weight is 186 g/mol. The Balaban J connectivity index is 2.64. The summed E-state index contributed by atoms with van der Waals surface area (Å²) < 4.78 is 0. The van der Waals surface area contributed by atoms with Crippen LogP contribution >= 0.6 is 11.3 Å². The Morgan fingerprint density at radius 3 is 2.92 bits per heavy atom. The molecular weight excluding hydrogens is 176 g/mol. The minimum atomic E-state index is -0.980. The molecule has 0 fully saturated rings. The first-order valence-electron chi connectivity index (χ1n) is 3.50. The Morgan fingerprint density at radius 1 is 1.83 bits per heavy atom. The van der Waals surface area contributed by atoms with Crippen LogP contribution in [0.5, 0.6) is 0 Å². The van der Waals surface area contributed by atoms with Crippen LogP contribution in [0.2, 0.25) is 0 Å². The molecule has 1 atom stereocenters. The zero-order valence-corrected chi connectivity index (χ0v) is 7.68. The van der Waals surface area contributed by atoms with Crippen LogP contribution in [-0.2, 0) is 4.79 Å². The van der Waals surface area contributed by atoms with Crippen molar-refractivity contribution >= 4 is 22.2 Å². The minimum absolute atomic E-state index is 0.401. The molecule has 0 bridgehead atoms. The molecule has 0 saturated carbocycles. The van der Waals surface area contributed by atoms with Crippen LogP contribution in [0, 0.1) is 6.92 Å². The van der Waals surface area contributed by atoms with Gasteiger partial charge in [0.2, 0.25) is 0 Å². The predicted molar refractivity (Wildman–Crippen MR) is 47.2 cm³/mol. The van der Waals surface area contributed by atoms with Crippen molar-refractivity contribution in [2.45, 2.75) is 20.0 Å². The molecule has 1 amide bonds. The summed E-state index contributed by atoms with van der Waals surface area (Å²) in [5.41, 5.74) is 2.42. The Labute approximate surface area is 74.3 Å². The second-order valence-electron chi connectivity index (χ2n) is 2.43. The summed E-state index contributed by atoms with van der Waals surface area (Å²) in [5, 5.41) is 12.1. The van der Waals surface area contributed by atoms with Crippen molar-refractivity contribution in [1.82, 2.24) is 4.98 Å². The number of carbonyl (C=O) groups excluding carboxylic acids is 1. The topological polar surface area (TPSA) is 62.2 Å². The number of hydrogen-bond donors (Lipinski definition) is 2. The molecule has 0 saturated heterocycles.